The fourth-order valence-electron chi connectivity index (χ4n) is 2.61. The van der Waals surface area contributed by atoms with Crippen LogP contribution in [0.3, 0.4) is 0 Å². The Hall–Kier alpha value is -2.53. The molecule has 0 radical (unpaired) electrons. The summed E-state index contributed by atoms with van der Waals surface area (Å²) in [6.07, 6.45) is 0.0274. The van der Waals surface area contributed by atoms with Crippen molar-refractivity contribution in [3.63, 3.8) is 0 Å². The van der Waals surface area contributed by atoms with Crippen molar-refractivity contribution in [1.82, 2.24) is 5.32 Å². The molecule has 126 valence electrons. The maximum Gasteiger partial charge on any atom is 0.312 e. The molecule has 3 amide bonds. The molecule has 0 aliphatic heterocycles. The van der Waals surface area contributed by atoms with Gasteiger partial charge in [0.15, 0.2) is 0 Å². The molecule has 0 aliphatic carbocycles. The summed E-state index contributed by atoms with van der Waals surface area (Å²) in [6, 6.07) is 11.5. The maximum absolute atomic E-state index is 12.4. The summed E-state index contributed by atoms with van der Waals surface area (Å²) in [5.41, 5.74) is 8.70. The normalized spacial score (nSPS) is 11.6. The van der Waals surface area contributed by atoms with Crippen LogP contribution in [0, 0.1) is 13.8 Å². The zero-order valence-corrected chi connectivity index (χ0v) is 14.4. The Bertz CT molecular complexity index is 741. The van der Waals surface area contributed by atoms with Crippen molar-refractivity contribution >= 4 is 29.2 Å². The van der Waals surface area contributed by atoms with Gasteiger partial charge in [0.05, 0.1) is 12.5 Å². The number of rotatable bonds is 5. The number of halogens is 1. The molecule has 0 aliphatic rings. The molecule has 1 atom stereocenters. The number of benzene rings is 2. The van der Waals surface area contributed by atoms with Crippen molar-refractivity contribution in [3.05, 3.63) is 64.2 Å². The van der Waals surface area contributed by atoms with E-state index in [1.54, 1.807) is 24.3 Å². The lowest BCUT2D eigenvalue weighted by molar-refractivity contribution is -0.116. The summed E-state index contributed by atoms with van der Waals surface area (Å²) in [6.45, 7) is 3.92. The molecule has 0 fully saturated rings. The Labute approximate surface area is 146 Å². The van der Waals surface area contributed by atoms with E-state index < -0.39 is 12.1 Å². The number of primary amides is 1. The Balaban J connectivity index is 2.15. The molecule has 0 saturated carbocycles. The lowest BCUT2D eigenvalue weighted by Crippen LogP contribution is -2.35. The summed E-state index contributed by atoms with van der Waals surface area (Å²) < 4.78 is 0. The number of anilines is 1. The van der Waals surface area contributed by atoms with E-state index in [2.05, 4.69) is 10.6 Å². The molecule has 2 rings (SSSR count). The van der Waals surface area contributed by atoms with Gasteiger partial charge < -0.3 is 16.4 Å². The van der Waals surface area contributed by atoms with Crippen LogP contribution in [0.5, 0.6) is 0 Å². The van der Waals surface area contributed by atoms with Gasteiger partial charge in [-0.1, -0.05) is 35.9 Å². The molecule has 4 N–H and O–H groups in total. The van der Waals surface area contributed by atoms with E-state index in [9.17, 15) is 9.59 Å². The smallest absolute Gasteiger partial charge is 0.312 e. The maximum atomic E-state index is 12.4. The Kier molecular flexibility index (Phi) is 5.82. The van der Waals surface area contributed by atoms with Crippen LogP contribution in [0.4, 0.5) is 10.5 Å². The summed E-state index contributed by atoms with van der Waals surface area (Å²) >= 11 is 6.16. The fraction of sp³-hybridized carbons (Fsp3) is 0.222. The number of hydrogen-bond acceptors (Lipinski definition) is 2. The minimum atomic E-state index is -0.709. The van der Waals surface area contributed by atoms with E-state index in [0.717, 1.165) is 16.8 Å². The van der Waals surface area contributed by atoms with Crippen LogP contribution in [-0.4, -0.2) is 11.9 Å². The molecule has 2 aromatic carbocycles. The minimum absolute atomic E-state index is 0.0274. The van der Waals surface area contributed by atoms with Gasteiger partial charge in [-0.15, -0.1) is 0 Å². The third kappa shape index (κ3) is 4.99. The van der Waals surface area contributed by atoms with Gasteiger partial charge in [0, 0.05) is 10.7 Å². The first kappa shape index (κ1) is 17.8. The van der Waals surface area contributed by atoms with Crippen molar-refractivity contribution in [2.45, 2.75) is 26.3 Å². The Morgan fingerprint density at radius 3 is 2.33 bits per heavy atom. The van der Waals surface area contributed by atoms with E-state index in [0.29, 0.717) is 10.6 Å². The van der Waals surface area contributed by atoms with Crippen LogP contribution in [0.2, 0.25) is 5.02 Å². The monoisotopic (exact) mass is 345 g/mol. The number of nitrogens with two attached hydrogens (primary N) is 1. The molecule has 0 heterocycles. The van der Waals surface area contributed by atoms with E-state index in [1.807, 2.05) is 32.0 Å². The van der Waals surface area contributed by atoms with Crippen molar-refractivity contribution in [2.75, 3.05) is 5.32 Å². The molecule has 0 bridgehead atoms. The number of nitrogens with one attached hydrogen (secondary N) is 2. The second kappa shape index (κ2) is 7.84. The molecule has 0 aromatic heterocycles. The van der Waals surface area contributed by atoms with Crippen LogP contribution in [0.15, 0.2) is 42.5 Å². The first-order valence-corrected chi connectivity index (χ1v) is 7.91. The molecular weight excluding hydrogens is 326 g/mol. The molecule has 0 unspecified atom stereocenters. The highest BCUT2D eigenvalue weighted by atomic mass is 35.5. The molecule has 0 spiro atoms. The Morgan fingerprint density at radius 2 is 1.75 bits per heavy atom. The van der Waals surface area contributed by atoms with Crippen molar-refractivity contribution < 1.29 is 9.59 Å². The van der Waals surface area contributed by atoms with Crippen LogP contribution in [0.1, 0.15) is 29.2 Å². The lowest BCUT2D eigenvalue weighted by atomic mass is 10.0. The van der Waals surface area contributed by atoms with E-state index in [1.165, 1.54) is 0 Å². The van der Waals surface area contributed by atoms with Crippen LogP contribution >= 0.6 is 11.6 Å². The van der Waals surface area contributed by atoms with Gasteiger partial charge in [0.2, 0.25) is 5.91 Å². The molecule has 6 heteroatoms. The first-order chi connectivity index (χ1) is 11.3. The molecule has 24 heavy (non-hydrogen) atoms. The number of aryl methyl sites for hydroxylation is 2. The van der Waals surface area contributed by atoms with Gasteiger partial charge >= 0.3 is 6.03 Å². The summed E-state index contributed by atoms with van der Waals surface area (Å²) in [5.74, 6) is -0.237. The molecule has 2 aromatic rings. The number of carbonyl (C=O) groups is 2. The highest BCUT2D eigenvalue weighted by molar-refractivity contribution is 6.31. The quantitative estimate of drug-likeness (QED) is 0.772. The van der Waals surface area contributed by atoms with Gasteiger partial charge in [-0.25, -0.2) is 4.79 Å². The van der Waals surface area contributed by atoms with E-state index in [4.69, 9.17) is 17.3 Å². The highest BCUT2D eigenvalue weighted by Gasteiger charge is 2.19. The highest BCUT2D eigenvalue weighted by Crippen LogP contribution is 2.25. The van der Waals surface area contributed by atoms with Crippen molar-refractivity contribution in [3.8, 4) is 0 Å². The van der Waals surface area contributed by atoms with E-state index >= 15 is 0 Å². The predicted octanol–water partition coefficient (Wildman–Crippen LogP) is 3.70. The average Bonchev–Trinajstić information content (AvgIpc) is 2.45. The number of amides is 3. The second-order valence-electron chi connectivity index (χ2n) is 5.71. The van der Waals surface area contributed by atoms with Gasteiger partial charge in [-0.05, 0) is 48.7 Å². The zero-order chi connectivity index (χ0) is 17.7. The molecular formula is C18H20ClN3O2. The first-order valence-electron chi connectivity index (χ1n) is 7.53. The molecule has 0 saturated heterocycles. The summed E-state index contributed by atoms with van der Waals surface area (Å²) in [4.78, 5) is 23.6. The van der Waals surface area contributed by atoms with Gasteiger partial charge in [0.25, 0.3) is 0 Å². The minimum Gasteiger partial charge on any atom is -0.352 e. The van der Waals surface area contributed by atoms with Crippen LogP contribution in [0.25, 0.3) is 0 Å². The lowest BCUT2D eigenvalue weighted by Gasteiger charge is -2.19. The standard InChI is InChI=1S/C18H20ClN3O2/c1-11-7-12(2)9-13(8-11)21-17(23)10-16(22-18(20)24)14-5-3-4-6-15(14)19/h3-9,16H,10H2,1-2H3,(H,21,23)(H3,20,22,24)/t16-/m0/s1. The topological polar surface area (TPSA) is 84.2 Å². The number of urea groups is 1. The van der Waals surface area contributed by atoms with Crippen molar-refractivity contribution in [1.29, 1.82) is 0 Å². The van der Waals surface area contributed by atoms with Gasteiger partial charge in [0.1, 0.15) is 0 Å². The van der Waals surface area contributed by atoms with E-state index in [-0.39, 0.29) is 12.3 Å². The fourth-order valence-corrected chi connectivity index (χ4v) is 2.88. The summed E-state index contributed by atoms with van der Waals surface area (Å²) in [5, 5.41) is 5.88. The zero-order valence-electron chi connectivity index (χ0n) is 13.6. The third-order valence-electron chi connectivity index (χ3n) is 3.49. The largest absolute Gasteiger partial charge is 0.352 e. The second-order valence-corrected chi connectivity index (χ2v) is 6.12. The third-order valence-corrected chi connectivity index (χ3v) is 3.84. The number of hydrogen-bond donors (Lipinski definition) is 3. The summed E-state index contributed by atoms with van der Waals surface area (Å²) in [7, 11) is 0. The van der Waals surface area contributed by atoms with Crippen LogP contribution in [-0.2, 0) is 4.79 Å². The van der Waals surface area contributed by atoms with Crippen LogP contribution < -0.4 is 16.4 Å². The Morgan fingerprint density at radius 1 is 1.12 bits per heavy atom. The number of carbonyl (C=O) groups excluding carboxylic acids is 2. The molecule has 5 nitrogen and oxygen atoms in total. The average molecular weight is 346 g/mol. The SMILES string of the molecule is Cc1cc(C)cc(NC(=O)C[C@H](NC(N)=O)c2ccccc2Cl)c1. The van der Waals surface area contributed by atoms with Gasteiger partial charge in [-0.3, -0.25) is 4.79 Å². The van der Waals surface area contributed by atoms with Gasteiger partial charge in [-0.2, -0.15) is 0 Å². The predicted molar refractivity (Wildman–Crippen MR) is 96.1 cm³/mol. The van der Waals surface area contributed by atoms with Crippen molar-refractivity contribution in [2.24, 2.45) is 5.73 Å².